The van der Waals surface area contributed by atoms with Crippen LogP contribution < -0.4 is 10.6 Å². The predicted molar refractivity (Wildman–Crippen MR) is 53.5 cm³/mol. The molecule has 2 heterocycles. The van der Waals surface area contributed by atoms with Crippen molar-refractivity contribution in [3.8, 4) is 0 Å². The van der Waals surface area contributed by atoms with Crippen LogP contribution in [0.2, 0.25) is 0 Å². The molecule has 16 heavy (non-hydrogen) atoms. The molecule has 3 N–H and O–H groups in total. The molecule has 0 spiro atoms. The minimum Gasteiger partial charge on any atom is -0.394 e. The van der Waals surface area contributed by atoms with Crippen LogP contribution in [0.5, 0.6) is 0 Å². The van der Waals surface area contributed by atoms with E-state index in [-0.39, 0.29) is 25.0 Å². The summed E-state index contributed by atoms with van der Waals surface area (Å²) in [4.78, 5) is 24.0. The number of hydrogen-bond acceptors (Lipinski definition) is 5. The van der Waals surface area contributed by atoms with Crippen molar-refractivity contribution in [2.24, 2.45) is 0 Å². The Kier molecular flexibility index (Phi) is 3.37. The zero-order valence-corrected chi connectivity index (χ0v) is 8.81. The number of rotatable bonds is 2. The van der Waals surface area contributed by atoms with E-state index in [0.29, 0.717) is 19.6 Å². The second kappa shape index (κ2) is 4.77. The predicted octanol–water partition coefficient (Wildman–Crippen LogP) is -1.76. The van der Waals surface area contributed by atoms with Crippen LogP contribution in [-0.2, 0) is 9.53 Å². The van der Waals surface area contributed by atoms with Gasteiger partial charge in [-0.25, -0.2) is 4.79 Å². The molecule has 0 bridgehead atoms. The first kappa shape index (κ1) is 11.3. The van der Waals surface area contributed by atoms with Crippen LogP contribution in [0.3, 0.4) is 0 Å². The van der Waals surface area contributed by atoms with E-state index in [2.05, 4.69) is 10.6 Å². The summed E-state index contributed by atoms with van der Waals surface area (Å²) in [6.45, 7) is 1.35. The first-order chi connectivity index (χ1) is 7.70. The third-order valence-electron chi connectivity index (χ3n) is 2.68. The number of urea groups is 1. The van der Waals surface area contributed by atoms with Crippen molar-refractivity contribution in [1.29, 1.82) is 0 Å². The molecule has 3 amide bonds. The maximum atomic E-state index is 11.5. The van der Waals surface area contributed by atoms with E-state index in [1.54, 1.807) is 0 Å². The number of hydrogen-bond donors (Lipinski definition) is 3. The van der Waals surface area contributed by atoms with Crippen LogP contribution in [0.25, 0.3) is 0 Å². The molecule has 7 nitrogen and oxygen atoms in total. The zero-order chi connectivity index (χ0) is 11.5. The van der Waals surface area contributed by atoms with Gasteiger partial charge in [-0.2, -0.15) is 0 Å². The average molecular weight is 229 g/mol. The molecule has 7 heteroatoms. The topological polar surface area (TPSA) is 90.9 Å². The number of carbonyl (C=O) groups excluding carboxylic acids is 2. The largest absolute Gasteiger partial charge is 0.394 e. The Bertz CT molecular complexity index is 296. The van der Waals surface area contributed by atoms with Crippen molar-refractivity contribution in [2.45, 2.75) is 18.8 Å². The van der Waals surface area contributed by atoms with Crippen LogP contribution in [-0.4, -0.2) is 60.5 Å². The summed E-state index contributed by atoms with van der Waals surface area (Å²) < 4.78 is 5.52. The number of amides is 3. The molecular formula is C9H15N3O4. The first-order valence-corrected chi connectivity index (χ1v) is 5.28. The number of morpholine rings is 1. The molecule has 2 saturated heterocycles. The molecule has 0 aromatic heterocycles. The number of aliphatic hydroxyl groups excluding tert-OH is 1. The molecule has 2 aliphatic heterocycles. The van der Waals surface area contributed by atoms with Gasteiger partial charge < -0.3 is 15.2 Å². The van der Waals surface area contributed by atoms with Gasteiger partial charge in [-0.05, 0) is 0 Å². The summed E-state index contributed by atoms with van der Waals surface area (Å²) in [6.07, 6.45) is -0.432. The van der Waals surface area contributed by atoms with E-state index in [1.165, 1.54) is 4.90 Å². The van der Waals surface area contributed by atoms with Gasteiger partial charge in [0.2, 0.25) is 5.91 Å². The van der Waals surface area contributed by atoms with Gasteiger partial charge in [-0.15, -0.1) is 0 Å². The molecule has 0 radical (unpaired) electrons. The molecule has 90 valence electrons. The minimum absolute atomic E-state index is 0.0854. The quantitative estimate of drug-likeness (QED) is 0.521. The van der Waals surface area contributed by atoms with Gasteiger partial charge in [-0.1, -0.05) is 0 Å². The molecule has 2 aliphatic rings. The SMILES string of the molecule is O=C1CCN([C@H]2CNC[C@@H](CO)O2)C(=O)N1. The van der Waals surface area contributed by atoms with E-state index in [1.807, 2.05) is 0 Å². The van der Waals surface area contributed by atoms with Crippen LogP contribution in [0.4, 0.5) is 4.79 Å². The lowest BCUT2D eigenvalue weighted by Gasteiger charge is -2.38. The van der Waals surface area contributed by atoms with E-state index in [4.69, 9.17) is 9.84 Å². The average Bonchev–Trinajstić information content (AvgIpc) is 2.29. The van der Waals surface area contributed by atoms with Gasteiger partial charge in [0.1, 0.15) is 6.23 Å². The molecule has 2 fully saturated rings. The summed E-state index contributed by atoms with van der Waals surface area (Å²) in [7, 11) is 0. The Labute approximate surface area is 92.7 Å². The van der Waals surface area contributed by atoms with Gasteiger partial charge >= 0.3 is 6.03 Å². The van der Waals surface area contributed by atoms with Crippen molar-refractivity contribution in [3.05, 3.63) is 0 Å². The Morgan fingerprint density at radius 1 is 1.44 bits per heavy atom. The van der Waals surface area contributed by atoms with Crippen molar-refractivity contribution in [1.82, 2.24) is 15.5 Å². The standard InChI is InChI=1S/C9H15N3O4/c13-5-6-3-10-4-8(16-6)12-2-1-7(14)11-9(12)15/h6,8,10,13H,1-5H2,(H,11,14,15)/t6-,8+/m0/s1. The van der Waals surface area contributed by atoms with E-state index in [9.17, 15) is 9.59 Å². The highest BCUT2D eigenvalue weighted by molar-refractivity contribution is 5.96. The monoisotopic (exact) mass is 229 g/mol. The number of ether oxygens (including phenoxy) is 1. The first-order valence-electron chi connectivity index (χ1n) is 5.28. The van der Waals surface area contributed by atoms with Crippen molar-refractivity contribution in [3.63, 3.8) is 0 Å². The second-order valence-corrected chi connectivity index (χ2v) is 3.85. The van der Waals surface area contributed by atoms with Gasteiger partial charge in [0.05, 0.1) is 12.7 Å². The lowest BCUT2D eigenvalue weighted by molar-refractivity contribution is -0.131. The number of nitrogens with one attached hydrogen (secondary N) is 2. The summed E-state index contributed by atoms with van der Waals surface area (Å²) in [6, 6.07) is -0.429. The summed E-state index contributed by atoms with van der Waals surface area (Å²) in [5.74, 6) is -0.260. The molecule has 0 unspecified atom stereocenters. The highest BCUT2D eigenvalue weighted by atomic mass is 16.5. The Morgan fingerprint density at radius 2 is 2.25 bits per heavy atom. The van der Waals surface area contributed by atoms with Gasteiger partial charge in [0, 0.05) is 26.1 Å². The fourth-order valence-electron chi connectivity index (χ4n) is 1.83. The van der Waals surface area contributed by atoms with Crippen LogP contribution >= 0.6 is 0 Å². The van der Waals surface area contributed by atoms with Crippen molar-refractivity contribution in [2.75, 3.05) is 26.2 Å². The van der Waals surface area contributed by atoms with E-state index in [0.717, 1.165) is 0 Å². The van der Waals surface area contributed by atoms with Crippen LogP contribution in [0.1, 0.15) is 6.42 Å². The van der Waals surface area contributed by atoms with Crippen LogP contribution in [0, 0.1) is 0 Å². The third-order valence-corrected chi connectivity index (χ3v) is 2.68. The van der Waals surface area contributed by atoms with Gasteiger partial charge in [0.15, 0.2) is 0 Å². The normalized spacial score (nSPS) is 31.4. The summed E-state index contributed by atoms with van der Waals surface area (Å²) in [5.41, 5.74) is 0. The number of imide groups is 1. The highest BCUT2D eigenvalue weighted by Crippen LogP contribution is 2.12. The Morgan fingerprint density at radius 3 is 2.94 bits per heavy atom. The molecule has 2 atom stereocenters. The molecule has 2 rings (SSSR count). The number of nitrogens with zero attached hydrogens (tertiary/aromatic N) is 1. The molecule has 0 saturated carbocycles. The lowest BCUT2D eigenvalue weighted by Crippen LogP contribution is -2.60. The maximum absolute atomic E-state index is 11.5. The highest BCUT2D eigenvalue weighted by Gasteiger charge is 2.33. The van der Waals surface area contributed by atoms with Gasteiger partial charge in [0.25, 0.3) is 0 Å². The molecule has 0 aromatic carbocycles. The fraction of sp³-hybridized carbons (Fsp3) is 0.778. The molecule has 0 aliphatic carbocycles. The summed E-state index contributed by atoms with van der Waals surface area (Å²) >= 11 is 0. The smallest absolute Gasteiger partial charge is 0.326 e. The molecule has 0 aromatic rings. The van der Waals surface area contributed by atoms with Crippen molar-refractivity contribution < 1.29 is 19.4 Å². The van der Waals surface area contributed by atoms with Crippen LogP contribution in [0.15, 0.2) is 0 Å². The summed E-state index contributed by atoms with van der Waals surface area (Å²) in [5, 5.41) is 14.3. The lowest BCUT2D eigenvalue weighted by atomic mass is 10.2. The van der Waals surface area contributed by atoms with Crippen molar-refractivity contribution >= 4 is 11.9 Å². The van der Waals surface area contributed by atoms with Gasteiger partial charge in [-0.3, -0.25) is 15.0 Å². The fourth-order valence-corrected chi connectivity index (χ4v) is 1.83. The number of carbonyl (C=O) groups is 2. The third kappa shape index (κ3) is 2.31. The number of aliphatic hydroxyl groups is 1. The minimum atomic E-state index is -0.429. The zero-order valence-electron chi connectivity index (χ0n) is 8.81. The maximum Gasteiger partial charge on any atom is 0.326 e. The Balaban J connectivity index is 1.96. The van der Waals surface area contributed by atoms with E-state index < -0.39 is 12.3 Å². The Hall–Kier alpha value is -1.18. The van der Waals surface area contributed by atoms with E-state index >= 15 is 0 Å². The molecular weight excluding hydrogens is 214 g/mol. The second-order valence-electron chi connectivity index (χ2n) is 3.85.